The molecule has 0 heterocycles. The number of nitrogens with zero attached hydrogens (tertiary/aromatic N) is 1. The van der Waals surface area contributed by atoms with Crippen LogP contribution in [-0.2, 0) is 25.5 Å². The molecule has 0 bridgehead atoms. The molecule has 140 valence electrons. The average Bonchev–Trinajstić information content (AvgIpc) is 2.60. The number of rotatable bonds is 8. The predicted octanol–water partition coefficient (Wildman–Crippen LogP) is 1.08. The van der Waals surface area contributed by atoms with Crippen molar-refractivity contribution in [2.24, 2.45) is 5.92 Å². The number of ether oxygens (including phenoxy) is 1. The first-order chi connectivity index (χ1) is 12.3. The summed E-state index contributed by atoms with van der Waals surface area (Å²) in [5.74, 6) is -2.83. The molecule has 26 heavy (non-hydrogen) atoms. The fourth-order valence-electron chi connectivity index (χ4n) is 2.37. The first kappa shape index (κ1) is 21.1. The quantitative estimate of drug-likeness (QED) is 0.672. The SMILES string of the molecule is COC(=O)[C@@H](C[C@H](C)C#N)NC(=O)[C@H](Cc1ccccc1F)NC(C)=O. The van der Waals surface area contributed by atoms with Crippen LogP contribution in [0.4, 0.5) is 4.39 Å². The Balaban J connectivity index is 2.96. The molecule has 1 aromatic carbocycles. The lowest BCUT2D eigenvalue weighted by Gasteiger charge is -2.22. The Labute approximate surface area is 151 Å². The van der Waals surface area contributed by atoms with Crippen LogP contribution in [-0.4, -0.2) is 37.0 Å². The van der Waals surface area contributed by atoms with Crippen molar-refractivity contribution in [2.45, 2.75) is 38.8 Å². The van der Waals surface area contributed by atoms with Crippen LogP contribution in [0.5, 0.6) is 0 Å². The van der Waals surface area contributed by atoms with Gasteiger partial charge in [-0.3, -0.25) is 9.59 Å². The summed E-state index contributed by atoms with van der Waals surface area (Å²) in [6.45, 7) is 2.84. The zero-order valence-corrected chi connectivity index (χ0v) is 14.9. The van der Waals surface area contributed by atoms with Gasteiger partial charge in [0.1, 0.15) is 17.9 Å². The highest BCUT2D eigenvalue weighted by atomic mass is 19.1. The Hall–Kier alpha value is -2.95. The molecule has 0 aromatic heterocycles. The maximum atomic E-state index is 13.9. The minimum absolute atomic E-state index is 0.0569. The van der Waals surface area contributed by atoms with E-state index in [1.165, 1.54) is 32.2 Å². The molecule has 0 fully saturated rings. The smallest absolute Gasteiger partial charge is 0.328 e. The minimum atomic E-state index is -1.08. The van der Waals surface area contributed by atoms with Gasteiger partial charge in [-0.25, -0.2) is 9.18 Å². The zero-order valence-electron chi connectivity index (χ0n) is 14.9. The number of halogens is 1. The highest BCUT2D eigenvalue weighted by Gasteiger charge is 2.28. The molecule has 1 aromatic rings. The van der Waals surface area contributed by atoms with E-state index in [-0.39, 0.29) is 18.4 Å². The summed E-state index contributed by atoms with van der Waals surface area (Å²) in [7, 11) is 1.17. The summed E-state index contributed by atoms with van der Waals surface area (Å²) >= 11 is 0. The average molecular weight is 363 g/mol. The third kappa shape index (κ3) is 6.51. The van der Waals surface area contributed by atoms with Crippen molar-refractivity contribution in [3.8, 4) is 6.07 Å². The Morgan fingerprint density at radius 1 is 1.23 bits per heavy atom. The topological polar surface area (TPSA) is 108 Å². The summed E-state index contributed by atoms with van der Waals surface area (Å²) in [5.41, 5.74) is 0.251. The van der Waals surface area contributed by atoms with Crippen molar-refractivity contribution < 1.29 is 23.5 Å². The number of benzene rings is 1. The van der Waals surface area contributed by atoms with Crippen molar-refractivity contribution in [3.63, 3.8) is 0 Å². The number of amides is 2. The molecule has 1 rings (SSSR count). The molecule has 0 spiro atoms. The second-order valence-corrected chi connectivity index (χ2v) is 5.90. The number of esters is 1. The zero-order chi connectivity index (χ0) is 19.7. The fourth-order valence-corrected chi connectivity index (χ4v) is 2.37. The number of hydrogen-bond acceptors (Lipinski definition) is 5. The summed E-state index contributed by atoms with van der Waals surface area (Å²) in [6.07, 6.45) is -0.0266. The molecule has 2 amide bonds. The van der Waals surface area contributed by atoms with Crippen molar-refractivity contribution in [1.82, 2.24) is 10.6 Å². The highest BCUT2D eigenvalue weighted by molar-refractivity contribution is 5.90. The number of methoxy groups -OCH3 is 1. The number of carbonyl (C=O) groups excluding carboxylic acids is 3. The van der Waals surface area contributed by atoms with Crippen LogP contribution in [0.1, 0.15) is 25.8 Å². The van der Waals surface area contributed by atoms with Gasteiger partial charge in [-0.05, 0) is 25.0 Å². The number of hydrogen-bond donors (Lipinski definition) is 2. The maximum absolute atomic E-state index is 13.9. The van der Waals surface area contributed by atoms with Crippen LogP contribution in [0.25, 0.3) is 0 Å². The Kier molecular flexibility index (Phi) is 8.22. The van der Waals surface area contributed by atoms with Gasteiger partial charge in [0.15, 0.2) is 0 Å². The van der Waals surface area contributed by atoms with Crippen LogP contribution in [0.3, 0.4) is 0 Å². The lowest BCUT2D eigenvalue weighted by Crippen LogP contribution is -2.52. The summed E-state index contributed by atoms with van der Waals surface area (Å²) in [6, 6.07) is 5.76. The molecule has 0 radical (unpaired) electrons. The molecule has 0 aliphatic carbocycles. The van der Waals surface area contributed by atoms with Gasteiger partial charge in [0.05, 0.1) is 13.2 Å². The van der Waals surface area contributed by atoms with E-state index in [1.54, 1.807) is 13.0 Å². The molecule has 7 nitrogen and oxygen atoms in total. The van der Waals surface area contributed by atoms with Gasteiger partial charge in [0.2, 0.25) is 11.8 Å². The van der Waals surface area contributed by atoms with E-state index in [2.05, 4.69) is 15.4 Å². The summed E-state index contributed by atoms with van der Waals surface area (Å²) in [5, 5.41) is 13.8. The second kappa shape index (κ2) is 10.1. The Morgan fingerprint density at radius 2 is 1.88 bits per heavy atom. The molecule has 0 unspecified atom stereocenters. The fraction of sp³-hybridized carbons (Fsp3) is 0.444. The lowest BCUT2D eigenvalue weighted by molar-refractivity contribution is -0.145. The predicted molar refractivity (Wildman–Crippen MR) is 91.0 cm³/mol. The minimum Gasteiger partial charge on any atom is -0.467 e. The monoisotopic (exact) mass is 363 g/mol. The van der Waals surface area contributed by atoms with E-state index in [1.807, 2.05) is 6.07 Å². The maximum Gasteiger partial charge on any atom is 0.328 e. The molecular formula is C18H22FN3O4. The second-order valence-electron chi connectivity index (χ2n) is 5.90. The van der Waals surface area contributed by atoms with Gasteiger partial charge in [-0.15, -0.1) is 0 Å². The summed E-state index contributed by atoms with van der Waals surface area (Å²) in [4.78, 5) is 35.8. The number of nitrogens with one attached hydrogen (secondary N) is 2. The normalized spacial score (nSPS) is 13.7. The van der Waals surface area contributed by atoms with Gasteiger partial charge >= 0.3 is 5.97 Å². The van der Waals surface area contributed by atoms with E-state index in [0.29, 0.717) is 0 Å². The van der Waals surface area contributed by atoms with Gasteiger partial charge < -0.3 is 15.4 Å². The molecule has 0 aliphatic heterocycles. The third-order valence-corrected chi connectivity index (χ3v) is 3.69. The summed E-state index contributed by atoms with van der Waals surface area (Å²) < 4.78 is 18.5. The third-order valence-electron chi connectivity index (χ3n) is 3.69. The standard InChI is InChI=1S/C18H22FN3O4/c1-11(10-20)8-16(18(25)26-3)22-17(24)15(21-12(2)23)9-13-6-4-5-7-14(13)19/h4-7,11,15-16H,8-9H2,1-3H3,(H,21,23)(H,22,24)/t11-,15-,16+/m0/s1. The molecular weight excluding hydrogens is 341 g/mol. The van der Waals surface area contributed by atoms with Crippen molar-refractivity contribution in [3.05, 3.63) is 35.6 Å². The van der Waals surface area contributed by atoms with E-state index < -0.39 is 41.6 Å². The molecule has 0 aliphatic rings. The molecule has 8 heteroatoms. The Morgan fingerprint density at radius 3 is 2.42 bits per heavy atom. The van der Waals surface area contributed by atoms with Gasteiger partial charge in [-0.1, -0.05) is 18.2 Å². The largest absolute Gasteiger partial charge is 0.467 e. The Bertz CT molecular complexity index is 702. The molecule has 0 saturated heterocycles. The van der Waals surface area contributed by atoms with Crippen LogP contribution < -0.4 is 10.6 Å². The van der Waals surface area contributed by atoms with Crippen LogP contribution in [0.15, 0.2) is 24.3 Å². The van der Waals surface area contributed by atoms with Gasteiger partial charge in [0.25, 0.3) is 0 Å². The first-order valence-corrected chi connectivity index (χ1v) is 8.06. The van der Waals surface area contributed by atoms with E-state index >= 15 is 0 Å². The van der Waals surface area contributed by atoms with Crippen LogP contribution in [0.2, 0.25) is 0 Å². The number of carbonyl (C=O) groups is 3. The highest BCUT2D eigenvalue weighted by Crippen LogP contribution is 2.11. The van der Waals surface area contributed by atoms with Crippen LogP contribution >= 0.6 is 0 Å². The number of nitriles is 1. The van der Waals surface area contributed by atoms with Crippen LogP contribution in [0, 0.1) is 23.1 Å². The van der Waals surface area contributed by atoms with Gasteiger partial charge in [-0.2, -0.15) is 5.26 Å². The van der Waals surface area contributed by atoms with Crippen molar-refractivity contribution in [2.75, 3.05) is 7.11 Å². The van der Waals surface area contributed by atoms with Crippen molar-refractivity contribution >= 4 is 17.8 Å². The van der Waals surface area contributed by atoms with Crippen molar-refractivity contribution in [1.29, 1.82) is 5.26 Å². The molecule has 2 N–H and O–H groups in total. The lowest BCUT2D eigenvalue weighted by atomic mass is 10.0. The van der Waals surface area contributed by atoms with E-state index in [4.69, 9.17) is 5.26 Å². The van der Waals surface area contributed by atoms with E-state index in [9.17, 15) is 18.8 Å². The molecule has 0 saturated carbocycles. The van der Waals surface area contributed by atoms with Gasteiger partial charge in [0, 0.05) is 19.3 Å². The van der Waals surface area contributed by atoms with E-state index in [0.717, 1.165) is 0 Å². The first-order valence-electron chi connectivity index (χ1n) is 8.06. The molecule has 3 atom stereocenters.